The van der Waals surface area contributed by atoms with Crippen molar-refractivity contribution in [3.8, 4) is 5.75 Å². The summed E-state index contributed by atoms with van der Waals surface area (Å²) in [6.45, 7) is 3.80. The van der Waals surface area contributed by atoms with E-state index >= 15 is 0 Å². The molecule has 0 saturated heterocycles. The average molecular weight is 243 g/mol. The standard InChI is InChI=1S/C10H11BrO2/c1-6-4-9(11)7(2)8(5-12)10(6)13-3/h4-5H,1-3H3. The number of halogens is 1. The minimum atomic E-state index is 0.620. The quantitative estimate of drug-likeness (QED) is 0.746. The number of benzene rings is 1. The van der Waals surface area contributed by atoms with E-state index < -0.39 is 0 Å². The molecule has 0 N–H and O–H groups in total. The predicted octanol–water partition coefficient (Wildman–Crippen LogP) is 2.89. The zero-order valence-electron chi connectivity index (χ0n) is 7.85. The molecule has 13 heavy (non-hydrogen) atoms. The Labute approximate surface area is 86.0 Å². The largest absolute Gasteiger partial charge is 0.496 e. The lowest BCUT2D eigenvalue weighted by Crippen LogP contribution is -1.97. The third-order valence-electron chi connectivity index (χ3n) is 2.03. The number of carbonyl (C=O) groups excluding carboxylic acids is 1. The maximum atomic E-state index is 10.8. The summed E-state index contributed by atoms with van der Waals surface area (Å²) in [5.41, 5.74) is 2.49. The van der Waals surface area contributed by atoms with Crippen molar-refractivity contribution in [2.45, 2.75) is 13.8 Å². The third-order valence-corrected chi connectivity index (χ3v) is 2.85. The number of hydrogen-bond acceptors (Lipinski definition) is 2. The molecule has 0 amide bonds. The van der Waals surface area contributed by atoms with E-state index in [1.54, 1.807) is 7.11 Å². The van der Waals surface area contributed by atoms with Crippen LogP contribution in [0, 0.1) is 13.8 Å². The molecule has 1 aromatic rings. The molecule has 0 aliphatic rings. The number of ether oxygens (including phenoxy) is 1. The van der Waals surface area contributed by atoms with Gasteiger partial charge in [-0.25, -0.2) is 0 Å². The highest BCUT2D eigenvalue weighted by atomic mass is 79.9. The molecule has 0 radical (unpaired) electrons. The van der Waals surface area contributed by atoms with E-state index in [2.05, 4.69) is 15.9 Å². The molecule has 2 nitrogen and oxygen atoms in total. The van der Waals surface area contributed by atoms with Gasteiger partial charge in [-0.2, -0.15) is 0 Å². The van der Waals surface area contributed by atoms with Crippen molar-refractivity contribution >= 4 is 22.2 Å². The SMILES string of the molecule is COc1c(C)cc(Br)c(C)c1C=O. The smallest absolute Gasteiger partial charge is 0.154 e. The minimum Gasteiger partial charge on any atom is -0.496 e. The average Bonchev–Trinajstić information content (AvgIpc) is 2.10. The number of aldehydes is 1. The van der Waals surface area contributed by atoms with E-state index in [1.165, 1.54) is 0 Å². The zero-order valence-corrected chi connectivity index (χ0v) is 9.44. The van der Waals surface area contributed by atoms with Gasteiger partial charge in [-0.05, 0) is 31.0 Å². The van der Waals surface area contributed by atoms with Crippen LogP contribution < -0.4 is 4.74 Å². The maximum Gasteiger partial charge on any atom is 0.154 e. The van der Waals surface area contributed by atoms with E-state index in [0.717, 1.165) is 21.9 Å². The lowest BCUT2D eigenvalue weighted by atomic mass is 10.1. The Morgan fingerprint density at radius 2 is 2.08 bits per heavy atom. The Balaban J connectivity index is 3.50. The van der Waals surface area contributed by atoms with E-state index in [4.69, 9.17) is 4.74 Å². The number of aryl methyl sites for hydroxylation is 1. The topological polar surface area (TPSA) is 26.3 Å². The molecule has 0 unspecified atom stereocenters. The monoisotopic (exact) mass is 242 g/mol. The first-order valence-electron chi connectivity index (χ1n) is 3.90. The first-order chi connectivity index (χ1) is 6.11. The number of hydrogen-bond donors (Lipinski definition) is 0. The van der Waals surface area contributed by atoms with Crippen molar-refractivity contribution in [3.63, 3.8) is 0 Å². The molecule has 0 atom stereocenters. The van der Waals surface area contributed by atoms with Crippen LogP contribution in [0.15, 0.2) is 10.5 Å². The molecule has 0 heterocycles. The van der Waals surface area contributed by atoms with Gasteiger partial charge in [-0.3, -0.25) is 4.79 Å². The Bertz CT molecular complexity index is 345. The molecule has 1 aromatic carbocycles. The molecular weight excluding hydrogens is 232 g/mol. The van der Waals surface area contributed by atoms with Crippen LogP contribution in [-0.2, 0) is 0 Å². The molecule has 0 aromatic heterocycles. The van der Waals surface area contributed by atoms with E-state index in [0.29, 0.717) is 11.3 Å². The maximum absolute atomic E-state index is 10.8. The molecule has 0 saturated carbocycles. The van der Waals surface area contributed by atoms with Crippen molar-refractivity contribution in [1.29, 1.82) is 0 Å². The van der Waals surface area contributed by atoms with Crippen molar-refractivity contribution in [3.05, 3.63) is 27.2 Å². The summed E-state index contributed by atoms with van der Waals surface area (Å²) in [6, 6.07) is 1.95. The van der Waals surface area contributed by atoms with Crippen molar-refractivity contribution in [2.75, 3.05) is 7.11 Å². The number of carbonyl (C=O) groups is 1. The van der Waals surface area contributed by atoms with Crippen molar-refractivity contribution in [1.82, 2.24) is 0 Å². The molecule has 70 valence electrons. The summed E-state index contributed by atoms with van der Waals surface area (Å²) < 4.78 is 6.09. The highest BCUT2D eigenvalue weighted by Crippen LogP contribution is 2.30. The van der Waals surface area contributed by atoms with Crippen LogP contribution in [-0.4, -0.2) is 13.4 Å². The van der Waals surface area contributed by atoms with Crippen LogP contribution in [0.5, 0.6) is 5.75 Å². The van der Waals surface area contributed by atoms with Crippen LogP contribution in [0.2, 0.25) is 0 Å². The third kappa shape index (κ3) is 1.75. The first-order valence-corrected chi connectivity index (χ1v) is 4.70. The fourth-order valence-electron chi connectivity index (χ4n) is 1.29. The molecular formula is C10H11BrO2. The summed E-state index contributed by atoms with van der Waals surface area (Å²) in [7, 11) is 1.57. The van der Waals surface area contributed by atoms with Gasteiger partial charge in [0.2, 0.25) is 0 Å². The zero-order chi connectivity index (χ0) is 10.0. The number of methoxy groups -OCH3 is 1. The molecule has 0 aliphatic carbocycles. The van der Waals surface area contributed by atoms with Crippen LogP contribution in [0.1, 0.15) is 21.5 Å². The second-order valence-corrected chi connectivity index (χ2v) is 3.72. The normalized spacial score (nSPS) is 9.85. The van der Waals surface area contributed by atoms with Crippen molar-refractivity contribution < 1.29 is 9.53 Å². The second kappa shape index (κ2) is 3.92. The highest BCUT2D eigenvalue weighted by Gasteiger charge is 2.11. The molecule has 0 spiro atoms. The highest BCUT2D eigenvalue weighted by molar-refractivity contribution is 9.10. The van der Waals surface area contributed by atoms with Crippen LogP contribution >= 0.6 is 15.9 Å². The van der Waals surface area contributed by atoms with E-state index in [-0.39, 0.29) is 0 Å². The Morgan fingerprint density at radius 1 is 1.46 bits per heavy atom. The van der Waals surface area contributed by atoms with Gasteiger partial charge in [0.1, 0.15) is 5.75 Å². The lowest BCUT2D eigenvalue weighted by Gasteiger charge is -2.11. The van der Waals surface area contributed by atoms with Gasteiger partial charge in [0.15, 0.2) is 6.29 Å². The summed E-state index contributed by atoms with van der Waals surface area (Å²) in [4.78, 5) is 10.8. The van der Waals surface area contributed by atoms with Gasteiger partial charge in [0.25, 0.3) is 0 Å². The Morgan fingerprint density at radius 3 is 2.54 bits per heavy atom. The van der Waals surface area contributed by atoms with Crippen LogP contribution in [0.25, 0.3) is 0 Å². The van der Waals surface area contributed by atoms with Crippen LogP contribution in [0.3, 0.4) is 0 Å². The summed E-state index contributed by atoms with van der Waals surface area (Å²) in [5.74, 6) is 0.663. The molecule has 1 rings (SSSR count). The molecule has 0 fully saturated rings. The van der Waals surface area contributed by atoms with E-state index in [9.17, 15) is 4.79 Å². The van der Waals surface area contributed by atoms with Gasteiger partial charge in [0, 0.05) is 4.47 Å². The first kappa shape index (κ1) is 10.3. The van der Waals surface area contributed by atoms with Gasteiger partial charge >= 0.3 is 0 Å². The van der Waals surface area contributed by atoms with Gasteiger partial charge in [0.05, 0.1) is 12.7 Å². The summed E-state index contributed by atoms with van der Waals surface area (Å²) in [5, 5.41) is 0. The fourth-order valence-corrected chi connectivity index (χ4v) is 1.85. The van der Waals surface area contributed by atoms with Crippen molar-refractivity contribution in [2.24, 2.45) is 0 Å². The summed E-state index contributed by atoms with van der Waals surface area (Å²) >= 11 is 3.39. The molecule has 3 heteroatoms. The van der Waals surface area contributed by atoms with Gasteiger partial charge in [-0.1, -0.05) is 15.9 Å². The molecule has 0 aliphatic heterocycles. The minimum absolute atomic E-state index is 0.620. The second-order valence-electron chi connectivity index (χ2n) is 2.87. The predicted molar refractivity (Wildman–Crippen MR) is 55.6 cm³/mol. The van der Waals surface area contributed by atoms with Crippen LogP contribution in [0.4, 0.5) is 0 Å². The fraction of sp³-hybridized carbons (Fsp3) is 0.300. The van der Waals surface area contributed by atoms with E-state index in [1.807, 2.05) is 19.9 Å². The lowest BCUT2D eigenvalue weighted by molar-refractivity contribution is 0.112. The number of rotatable bonds is 2. The van der Waals surface area contributed by atoms with Gasteiger partial charge in [-0.15, -0.1) is 0 Å². The summed E-state index contributed by atoms with van der Waals surface area (Å²) in [6.07, 6.45) is 0.825. The Hall–Kier alpha value is -0.830. The molecule has 0 bridgehead atoms. The Kier molecular flexibility index (Phi) is 3.09. The van der Waals surface area contributed by atoms with Gasteiger partial charge < -0.3 is 4.74 Å².